The number of aliphatic hydroxyl groups excluding tert-OH is 2. The van der Waals surface area contributed by atoms with Crippen LogP contribution in [0.3, 0.4) is 0 Å². The highest BCUT2D eigenvalue weighted by molar-refractivity contribution is 5.40. The number of benzene rings is 2. The van der Waals surface area contributed by atoms with Crippen LogP contribution in [0.2, 0.25) is 0 Å². The van der Waals surface area contributed by atoms with Gasteiger partial charge < -0.3 is 10.2 Å². The third kappa shape index (κ3) is 2.86. The Hall–Kier alpha value is -1.64. The van der Waals surface area contributed by atoms with E-state index in [1.54, 1.807) is 0 Å². The molecule has 0 aliphatic carbocycles. The van der Waals surface area contributed by atoms with Crippen LogP contribution >= 0.6 is 0 Å². The maximum Gasteiger partial charge on any atom is 0.0681 e. The molecule has 2 rings (SSSR count). The quantitative estimate of drug-likeness (QED) is 0.883. The van der Waals surface area contributed by atoms with Crippen molar-refractivity contribution in [2.75, 3.05) is 0 Å². The maximum atomic E-state index is 9.25. The van der Waals surface area contributed by atoms with Crippen LogP contribution in [0.25, 0.3) is 0 Å². The zero-order valence-corrected chi connectivity index (χ0v) is 11.4. The smallest absolute Gasteiger partial charge is 0.0681 e. The second-order valence-corrected chi connectivity index (χ2v) is 5.34. The maximum absolute atomic E-state index is 9.25. The molecule has 2 aromatic carbocycles. The van der Waals surface area contributed by atoms with Crippen LogP contribution in [0.4, 0.5) is 0 Å². The minimum absolute atomic E-state index is 0.0562. The predicted octanol–water partition coefficient (Wildman–Crippen LogP) is 3.00. The molecule has 0 aliphatic rings. The summed E-state index contributed by atoms with van der Waals surface area (Å²) in [5, 5.41) is 18.5. The van der Waals surface area contributed by atoms with Gasteiger partial charge in [0.15, 0.2) is 0 Å². The molecule has 0 fully saturated rings. The second-order valence-electron chi connectivity index (χ2n) is 5.34. The molecule has 0 amide bonds. The molecule has 2 nitrogen and oxygen atoms in total. The Balaban J connectivity index is 2.44. The predicted molar refractivity (Wildman–Crippen MR) is 76.9 cm³/mol. The van der Waals surface area contributed by atoms with Crippen molar-refractivity contribution < 1.29 is 10.2 Å². The molecule has 0 bridgehead atoms. The molecule has 0 atom stereocenters. The van der Waals surface area contributed by atoms with Crippen molar-refractivity contribution in [2.24, 2.45) is 0 Å². The van der Waals surface area contributed by atoms with Crippen LogP contribution < -0.4 is 0 Å². The minimum Gasteiger partial charge on any atom is -0.392 e. The van der Waals surface area contributed by atoms with E-state index < -0.39 is 0 Å². The largest absolute Gasteiger partial charge is 0.392 e. The van der Waals surface area contributed by atoms with E-state index in [0.717, 1.165) is 22.3 Å². The monoisotopic (exact) mass is 256 g/mol. The molecule has 0 saturated carbocycles. The lowest BCUT2D eigenvalue weighted by atomic mass is 9.77. The minimum atomic E-state index is -0.156. The lowest BCUT2D eigenvalue weighted by molar-refractivity contribution is 0.281. The highest BCUT2D eigenvalue weighted by Gasteiger charge is 2.23. The van der Waals surface area contributed by atoms with Crippen molar-refractivity contribution in [1.82, 2.24) is 0 Å². The first-order valence-corrected chi connectivity index (χ1v) is 6.48. The molecule has 0 spiro atoms. The lowest BCUT2D eigenvalue weighted by Gasteiger charge is -2.27. The van der Waals surface area contributed by atoms with Gasteiger partial charge in [-0.3, -0.25) is 0 Å². The Labute approximate surface area is 114 Å². The summed E-state index contributed by atoms with van der Waals surface area (Å²) in [7, 11) is 0. The van der Waals surface area contributed by atoms with Gasteiger partial charge in [0.1, 0.15) is 0 Å². The van der Waals surface area contributed by atoms with Gasteiger partial charge >= 0.3 is 0 Å². The van der Waals surface area contributed by atoms with Gasteiger partial charge in [-0.15, -0.1) is 0 Å². The first-order chi connectivity index (χ1) is 9.07. The fourth-order valence-corrected chi connectivity index (χ4v) is 2.28. The van der Waals surface area contributed by atoms with Gasteiger partial charge in [-0.1, -0.05) is 62.4 Å². The van der Waals surface area contributed by atoms with Gasteiger partial charge in [-0.05, 0) is 22.3 Å². The first-order valence-electron chi connectivity index (χ1n) is 6.48. The van der Waals surface area contributed by atoms with Crippen molar-refractivity contribution in [2.45, 2.75) is 32.5 Å². The number of hydrogen-bond acceptors (Lipinski definition) is 2. The molecule has 0 aromatic heterocycles. The van der Waals surface area contributed by atoms with E-state index in [2.05, 4.69) is 26.0 Å². The highest BCUT2D eigenvalue weighted by atomic mass is 16.3. The van der Waals surface area contributed by atoms with Crippen LogP contribution in [-0.2, 0) is 18.6 Å². The van der Waals surface area contributed by atoms with E-state index in [1.165, 1.54) is 0 Å². The van der Waals surface area contributed by atoms with Crippen molar-refractivity contribution in [3.8, 4) is 0 Å². The molecular formula is C17H20O2. The topological polar surface area (TPSA) is 40.5 Å². The molecule has 2 aromatic rings. The van der Waals surface area contributed by atoms with E-state index in [4.69, 9.17) is 0 Å². The van der Waals surface area contributed by atoms with Crippen LogP contribution in [0, 0.1) is 0 Å². The first kappa shape index (κ1) is 13.8. The van der Waals surface area contributed by atoms with Crippen molar-refractivity contribution in [3.63, 3.8) is 0 Å². The Bertz CT molecular complexity index is 509. The van der Waals surface area contributed by atoms with E-state index in [0.29, 0.717) is 0 Å². The normalized spacial score (nSPS) is 11.6. The Kier molecular flexibility index (Phi) is 4.03. The standard InChI is InChI=1S/C17H20O2/c1-17(2,15-7-3-5-13(9-15)11-18)16-8-4-6-14(10-16)12-19/h3-10,18-19H,11-12H2,1-2H3. The molecule has 0 radical (unpaired) electrons. The van der Waals surface area contributed by atoms with E-state index in [1.807, 2.05) is 36.4 Å². The summed E-state index contributed by atoms with van der Waals surface area (Å²) >= 11 is 0. The molecule has 0 aliphatic heterocycles. The zero-order chi connectivity index (χ0) is 13.9. The summed E-state index contributed by atoms with van der Waals surface area (Å²) < 4.78 is 0. The van der Waals surface area contributed by atoms with Crippen molar-refractivity contribution in [1.29, 1.82) is 0 Å². The van der Waals surface area contributed by atoms with Gasteiger partial charge in [0.05, 0.1) is 13.2 Å². The molecule has 0 heterocycles. The Morgan fingerprint density at radius 1 is 0.789 bits per heavy atom. The van der Waals surface area contributed by atoms with Crippen LogP contribution in [0.1, 0.15) is 36.1 Å². The van der Waals surface area contributed by atoms with Gasteiger partial charge in [0.25, 0.3) is 0 Å². The molecule has 0 unspecified atom stereocenters. The second kappa shape index (κ2) is 5.55. The molecule has 100 valence electrons. The van der Waals surface area contributed by atoms with Crippen LogP contribution in [0.15, 0.2) is 48.5 Å². The zero-order valence-electron chi connectivity index (χ0n) is 11.4. The van der Waals surface area contributed by atoms with Gasteiger partial charge in [-0.25, -0.2) is 0 Å². The Morgan fingerprint density at radius 3 is 1.58 bits per heavy atom. The summed E-state index contributed by atoms with van der Waals surface area (Å²) in [6.07, 6.45) is 0. The highest BCUT2D eigenvalue weighted by Crippen LogP contribution is 2.32. The van der Waals surface area contributed by atoms with Crippen LogP contribution in [0.5, 0.6) is 0 Å². The van der Waals surface area contributed by atoms with E-state index in [-0.39, 0.29) is 18.6 Å². The molecular weight excluding hydrogens is 236 g/mol. The number of aliphatic hydroxyl groups is 2. The third-order valence-corrected chi connectivity index (χ3v) is 3.66. The summed E-state index contributed by atoms with van der Waals surface area (Å²) in [4.78, 5) is 0. The van der Waals surface area contributed by atoms with E-state index in [9.17, 15) is 10.2 Å². The van der Waals surface area contributed by atoms with Crippen molar-refractivity contribution >= 4 is 0 Å². The third-order valence-electron chi connectivity index (χ3n) is 3.66. The summed E-state index contributed by atoms with van der Waals surface area (Å²) in [5.74, 6) is 0. The van der Waals surface area contributed by atoms with Crippen LogP contribution in [-0.4, -0.2) is 10.2 Å². The Morgan fingerprint density at radius 2 is 1.21 bits per heavy atom. The lowest BCUT2D eigenvalue weighted by Crippen LogP contribution is -2.19. The molecule has 0 saturated heterocycles. The summed E-state index contributed by atoms with van der Waals surface area (Å²) in [5.41, 5.74) is 4.01. The van der Waals surface area contributed by atoms with Gasteiger partial charge in [0, 0.05) is 5.41 Å². The average Bonchev–Trinajstić information content (AvgIpc) is 2.47. The molecule has 2 heteroatoms. The summed E-state index contributed by atoms with van der Waals surface area (Å²) in [6, 6.07) is 16.0. The van der Waals surface area contributed by atoms with E-state index >= 15 is 0 Å². The fourth-order valence-electron chi connectivity index (χ4n) is 2.28. The van der Waals surface area contributed by atoms with Crippen molar-refractivity contribution in [3.05, 3.63) is 70.8 Å². The van der Waals surface area contributed by atoms with Gasteiger partial charge in [0.2, 0.25) is 0 Å². The SMILES string of the molecule is CC(C)(c1cccc(CO)c1)c1cccc(CO)c1. The number of rotatable bonds is 4. The fraction of sp³-hybridized carbons (Fsp3) is 0.294. The average molecular weight is 256 g/mol. The number of hydrogen-bond donors (Lipinski definition) is 2. The molecule has 19 heavy (non-hydrogen) atoms. The van der Waals surface area contributed by atoms with Gasteiger partial charge in [-0.2, -0.15) is 0 Å². The molecule has 2 N–H and O–H groups in total. The summed E-state index contributed by atoms with van der Waals surface area (Å²) in [6.45, 7) is 4.42.